The number of nitrogens with one attached hydrogen (secondary N) is 1. The second-order valence-electron chi connectivity index (χ2n) is 4.18. The summed E-state index contributed by atoms with van der Waals surface area (Å²) in [5.74, 6) is -0.329. The van der Waals surface area contributed by atoms with Gasteiger partial charge < -0.3 is 15.4 Å². The van der Waals surface area contributed by atoms with E-state index in [1.807, 2.05) is 0 Å². The molecule has 0 bridgehead atoms. The van der Waals surface area contributed by atoms with Crippen molar-refractivity contribution in [1.29, 1.82) is 0 Å². The van der Waals surface area contributed by atoms with Crippen molar-refractivity contribution in [2.45, 2.75) is 12.7 Å². The van der Waals surface area contributed by atoms with Crippen LogP contribution in [0, 0.1) is 10.1 Å². The van der Waals surface area contributed by atoms with Crippen LogP contribution in [0.2, 0.25) is 0 Å². The SMILES string of the molecule is O=[N+]([O-])c1ncccc1NCc1ccc(C(F)(F)F)cc1. The highest BCUT2D eigenvalue weighted by atomic mass is 19.4. The van der Waals surface area contributed by atoms with Gasteiger partial charge in [0, 0.05) is 6.54 Å². The molecule has 1 N–H and O–H groups in total. The minimum Gasteiger partial charge on any atom is -0.374 e. The Hall–Kier alpha value is -2.64. The van der Waals surface area contributed by atoms with Crippen LogP contribution < -0.4 is 5.32 Å². The van der Waals surface area contributed by atoms with Crippen LogP contribution in [0.1, 0.15) is 11.1 Å². The number of aromatic nitrogens is 1. The standard InChI is InChI=1S/C13H10F3N3O2/c14-13(15,16)10-5-3-9(4-6-10)8-18-11-2-1-7-17-12(11)19(20)21/h1-7,18H,8H2. The largest absolute Gasteiger partial charge is 0.416 e. The molecule has 2 rings (SSSR count). The Kier molecular flexibility index (Phi) is 4.06. The molecule has 0 aliphatic carbocycles. The Balaban J connectivity index is 2.09. The highest BCUT2D eigenvalue weighted by Crippen LogP contribution is 2.29. The zero-order valence-electron chi connectivity index (χ0n) is 10.6. The van der Waals surface area contributed by atoms with Gasteiger partial charge in [0.2, 0.25) is 0 Å². The lowest BCUT2D eigenvalue weighted by molar-refractivity contribution is -0.388. The molecular formula is C13H10F3N3O2. The van der Waals surface area contributed by atoms with Gasteiger partial charge in [-0.1, -0.05) is 12.1 Å². The number of benzene rings is 1. The Morgan fingerprint density at radius 2 is 1.86 bits per heavy atom. The maximum absolute atomic E-state index is 12.4. The van der Waals surface area contributed by atoms with Crippen molar-refractivity contribution in [2.75, 3.05) is 5.32 Å². The molecule has 0 fully saturated rings. The molecular weight excluding hydrogens is 287 g/mol. The van der Waals surface area contributed by atoms with E-state index in [1.165, 1.54) is 30.5 Å². The lowest BCUT2D eigenvalue weighted by Crippen LogP contribution is -2.06. The molecule has 0 saturated heterocycles. The molecule has 0 amide bonds. The summed E-state index contributed by atoms with van der Waals surface area (Å²) >= 11 is 0. The third-order valence-electron chi connectivity index (χ3n) is 2.72. The molecule has 5 nitrogen and oxygen atoms in total. The van der Waals surface area contributed by atoms with E-state index in [2.05, 4.69) is 10.3 Å². The Labute approximate surface area is 117 Å². The number of nitrogens with zero attached hydrogens (tertiary/aromatic N) is 2. The van der Waals surface area contributed by atoms with Gasteiger partial charge in [0.25, 0.3) is 0 Å². The summed E-state index contributed by atoms with van der Waals surface area (Å²) in [7, 11) is 0. The second kappa shape index (κ2) is 5.78. The van der Waals surface area contributed by atoms with Crippen LogP contribution >= 0.6 is 0 Å². The number of nitro groups is 1. The lowest BCUT2D eigenvalue weighted by Gasteiger charge is -2.09. The zero-order chi connectivity index (χ0) is 15.5. The first-order chi connectivity index (χ1) is 9.88. The number of halogens is 3. The molecule has 0 aliphatic heterocycles. The summed E-state index contributed by atoms with van der Waals surface area (Å²) in [5, 5.41) is 13.5. The normalized spacial score (nSPS) is 11.2. The molecule has 0 aliphatic rings. The van der Waals surface area contributed by atoms with E-state index < -0.39 is 16.7 Å². The van der Waals surface area contributed by atoms with Crippen molar-refractivity contribution >= 4 is 11.5 Å². The summed E-state index contributed by atoms with van der Waals surface area (Å²) in [5.41, 5.74) is 0.0437. The quantitative estimate of drug-likeness (QED) is 0.691. The molecule has 8 heteroatoms. The third-order valence-corrected chi connectivity index (χ3v) is 2.72. The van der Waals surface area contributed by atoms with E-state index in [4.69, 9.17) is 0 Å². The molecule has 1 heterocycles. The van der Waals surface area contributed by atoms with Crippen LogP contribution in [-0.2, 0) is 12.7 Å². The number of anilines is 1. The van der Waals surface area contributed by atoms with Crippen LogP contribution in [0.25, 0.3) is 0 Å². The fraction of sp³-hybridized carbons (Fsp3) is 0.154. The maximum Gasteiger partial charge on any atom is 0.416 e. The fourth-order valence-electron chi connectivity index (χ4n) is 1.69. The molecule has 1 aromatic heterocycles. The Bertz CT molecular complexity index is 642. The molecule has 0 atom stereocenters. The summed E-state index contributed by atoms with van der Waals surface area (Å²) in [6.07, 6.45) is -3.09. The van der Waals surface area contributed by atoms with E-state index in [-0.39, 0.29) is 18.1 Å². The lowest BCUT2D eigenvalue weighted by atomic mass is 10.1. The minimum absolute atomic E-state index is 0.157. The minimum atomic E-state index is -4.38. The van der Waals surface area contributed by atoms with E-state index in [1.54, 1.807) is 0 Å². The van der Waals surface area contributed by atoms with Crippen LogP contribution in [-0.4, -0.2) is 9.91 Å². The van der Waals surface area contributed by atoms with Crippen LogP contribution in [0.15, 0.2) is 42.6 Å². The van der Waals surface area contributed by atoms with Gasteiger partial charge in [-0.25, -0.2) is 0 Å². The van der Waals surface area contributed by atoms with Crippen molar-refractivity contribution in [3.8, 4) is 0 Å². The zero-order valence-corrected chi connectivity index (χ0v) is 10.6. The van der Waals surface area contributed by atoms with Crippen molar-refractivity contribution < 1.29 is 18.1 Å². The number of pyridine rings is 1. The smallest absolute Gasteiger partial charge is 0.374 e. The number of hydrogen-bond donors (Lipinski definition) is 1. The Morgan fingerprint density at radius 1 is 1.19 bits per heavy atom. The molecule has 1 aromatic carbocycles. The van der Waals surface area contributed by atoms with Crippen molar-refractivity contribution in [2.24, 2.45) is 0 Å². The van der Waals surface area contributed by atoms with Crippen molar-refractivity contribution in [3.05, 3.63) is 63.8 Å². The summed E-state index contributed by atoms with van der Waals surface area (Å²) < 4.78 is 37.2. The van der Waals surface area contributed by atoms with Gasteiger partial charge in [0.15, 0.2) is 0 Å². The highest BCUT2D eigenvalue weighted by molar-refractivity contribution is 5.56. The molecule has 0 spiro atoms. The molecule has 0 saturated carbocycles. The van der Waals surface area contributed by atoms with Crippen molar-refractivity contribution in [3.63, 3.8) is 0 Å². The fourth-order valence-corrected chi connectivity index (χ4v) is 1.69. The van der Waals surface area contributed by atoms with Crippen LogP contribution in [0.5, 0.6) is 0 Å². The van der Waals surface area contributed by atoms with E-state index >= 15 is 0 Å². The number of alkyl halides is 3. The topological polar surface area (TPSA) is 68.1 Å². The van der Waals surface area contributed by atoms with Gasteiger partial charge >= 0.3 is 12.0 Å². The van der Waals surface area contributed by atoms with E-state index in [0.717, 1.165) is 12.1 Å². The first kappa shape index (κ1) is 14.8. The van der Waals surface area contributed by atoms with Gasteiger partial charge in [-0.2, -0.15) is 13.2 Å². The summed E-state index contributed by atoms with van der Waals surface area (Å²) in [6.45, 7) is 0.157. The van der Waals surface area contributed by atoms with Gasteiger partial charge in [0.05, 0.1) is 5.56 Å². The first-order valence-corrected chi connectivity index (χ1v) is 5.87. The van der Waals surface area contributed by atoms with Crippen LogP contribution in [0.3, 0.4) is 0 Å². The molecule has 21 heavy (non-hydrogen) atoms. The number of hydrogen-bond acceptors (Lipinski definition) is 4. The van der Waals surface area contributed by atoms with Gasteiger partial charge in [-0.3, -0.25) is 0 Å². The average Bonchev–Trinajstić information content (AvgIpc) is 2.45. The predicted octanol–water partition coefficient (Wildman–Crippen LogP) is 3.62. The Morgan fingerprint density at radius 3 is 2.43 bits per heavy atom. The maximum atomic E-state index is 12.4. The van der Waals surface area contributed by atoms with Gasteiger partial charge in [-0.15, -0.1) is 0 Å². The molecule has 0 radical (unpaired) electrons. The van der Waals surface area contributed by atoms with E-state index in [9.17, 15) is 23.3 Å². The monoisotopic (exact) mass is 297 g/mol. The average molecular weight is 297 g/mol. The van der Waals surface area contributed by atoms with E-state index in [0.29, 0.717) is 5.56 Å². The van der Waals surface area contributed by atoms with Gasteiger partial charge in [-0.05, 0) is 39.7 Å². The number of rotatable bonds is 4. The first-order valence-electron chi connectivity index (χ1n) is 5.87. The highest BCUT2D eigenvalue weighted by Gasteiger charge is 2.29. The summed E-state index contributed by atoms with van der Waals surface area (Å²) in [6, 6.07) is 7.58. The second-order valence-corrected chi connectivity index (χ2v) is 4.18. The summed E-state index contributed by atoms with van der Waals surface area (Å²) in [4.78, 5) is 13.8. The molecule has 2 aromatic rings. The van der Waals surface area contributed by atoms with Crippen molar-refractivity contribution in [1.82, 2.24) is 4.98 Å². The van der Waals surface area contributed by atoms with Gasteiger partial charge in [0.1, 0.15) is 11.9 Å². The third kappa shape index (κ3) is 3.68. The molecule has 0 unspecified atom stereocenters. The van der Waals surface area contributed by atoms with Crippen LogP contribution in [0.4, 0.5) is 24.7 Å². The predicted molar refractivity (Wildman–Crippen MR) is 69.7 cm³/mol. The molecule has 110 valence electrons.